The quantitative estimate of drug-likeness (QED) is 0.807. The van der Waals surface area contributed by atoms with Gasteiger partial charge in [-0.1, -0.05) is 18.3 Å². The largest absolute Gasteiger partial charge is 0.473 e. The third-order valence-corrected chi connectivity index (χ3v) is 3.60. The predicted molar refractivity (Wildman–Crippen MR) is 52.9 cm³/mol. The van der Waals surface area contributed by atoms with Crippen molar-refractivity contribution in [2.24, 2.45) is 11.1 Å². The fraction of sp³-hybridized carbons (Fsp3) is 0.667. The zero-order valence-corrected chi connectivity index (χ0v) is 8.73. The van der Waals surface area contributed by atoms with Crippen LogP contribution in [0.25, 0.3) is 0 Å². The van der Waals surface area contributed by atoms with Crippen molar-refractivity contribution in [2.75, 3.05) is 7.11 Å². The molecule has 0 spiro atoms. The molecule has 0 aromatic carbocycles. The van der Waals surface area contributed by atoms with Gasteiger partial charge < -0.3 is 10.5 Å². The minimum absolute atomic E-state index is 0.0765. The van der Waals surface area contributed by atoms with Crippen molar-refractivity contribution >= 4 is 11.3 Å². The Morgan fingerprint density at radius 1 is 1.69 bits per heavy atom. The first-order valence-corrected chi connectivity index (χ1v) is 5.29. The van der Waals surface area contributed by atoms with E-state index in [2.05, 4.69) is 11.9 Å². The van der Waals surface area contributed by atoms with Crippen LogP contribution in [0.1, 0.15) is 31.5 Å². The number of hydrogen-bond acceptors (Lipinski definition) is 4. The molecule has 1 aliphatic carbocycles. The number of hydrogen-bond donors (Lipinski definition) is 1. The molecular weight excluding hydrogens is 184 g/mol. The smallest absolute Gasteiger partial charge is 0.273 e. The Balaban J connectivity index is 2.15. The van der Waals surface area contributed by atoms with Gasteiger partial charge in [-0.15, -0.1) is 0 Å². The predicted octanol–water partition coefficient (Wildman–Crippen LogP) is 1.95. The molecule has 1 saturated carbocycles. The summed E-state index contributed by atoms with van der Waals surface area (Å²) in [5.74, 6) is 0. The number of ether oxygens (including phenoxy) is 1. The van der Waals surface area contributed by atoms with Crippen LogP contribution in [-0.2, 0) is 0 Å². The Morgan fingerprint density at radius 3 is 2.85 bits per heavy atom. The van der Waals surface area contributed by atoms with Crippen LogP contribution in [0.5, 0.6) is 5.19 Å². The number of methoxy groups -OCH3 is 1. The van der Waals surface area contributed by atoms with Crippen LogP contribution in [0, 0.1) is 5.41 Å². The Labute approximate surface area is 81.9 Å². The van der Waals surface area contributed by atoms with E-state index in [1.807, 2.05) is 5.38 Å². The number of nitrogens with two attached hydrogens (primary N) is 1. The molecule has 1 heterocycles. The average molecular weight is 198 g/mol. The van der Waals surface area contributed by atoms with Gasteiger partial charge in [-0.2, -0.15) is 0 Å². The molecule has 3 nitrogen and oxygen atoms in total. The van der Waals surface area contributed by atoms with Gasteiger partial charge in [-0.25, -0.2) is 4.98 Å². The topological polar surface area (TPSA) is 48.1 Å². The molecule has 0 bridgehead atoms. The number of rotatable bonds is 3. The molecule has 1 atom stereocenters. The summed E-state index contributed by atoms with van der Waals surface area (Å²) in [5, 5.41) is 2.70. The third kappa shape index (κ3) is 1.56. The molecule has 72 valence electrons. The van der Waals surface area contributed by atoms with E-state index in [1.54, 1.807) is 7.11 Å². The number of thiazole rings is 1. The van der Waals surface area contributed by atoms with Gasteiger partial charge in [0.2, 0.25) is 0 Å². The molecule has 0 aliphatic heterocycles. The molecule has 13 heavy (non-hydrogen) atoms. The lowest BCUT2D eigenvalue weighted by Gasteiger charge is -2.15. The summed E-state index contributed by atoms with van der Waals surface area (Å²) < 4.78 is 5.03. The first kappa shape index (κ1) is 8.97. The lowest BCUT2D eigenvalue weighted by Crippen LogP contribution is -2.20. The standard InChI is InChI=1S/C9H14N2OS/c1-9(3-4-9)7(10)6-5-13-8(11-6)12-2/h5,7H,3-4,10H2,1-2H3. The van der Waals surface area contributed by atoms with Crippen LogP contribution in [0.2, 0.25) is 0 Å². The van der Waals surface area contributed by atoms with E-state index in [1.165, 1.54) is 24.2 Å². The van der Waals surface area contributed by atoms with Crippen molar-refractivity contribution < 1.29 is 4.74 Å². The van der Waals surface area contributed by atoms with Crippen molar-refractivity contribution in [1.29, 1.82) is 0 Å². The molecule has 1 aliphatic rings. The lowest BCUT2D eigenvalue weighted by molar-refractivity contribution is 0.401. The summed E-state index contributed by atoms with van der Waals surface area (Å²) in [6.07, 6.45) is 2.43. The highest BCUT2D eigenvalue weighted by molar-refractivity contribution is 7.11. The zero-order valence-electron chi connectivity index (χ0n) is 7.91. The molecule has 4 heteroatoms. The van der Waals surface area contributed by atoms with Gasteiger partial charge in [0, 0.05) is 5.38 Å². The fourth-order valence-corrected chi connectivity index (χ4v) is 2.05. The highest BCUT2D eigenvalue weighted by atomic mass is 32.1. The second-order valence-electron chi connectivity index (χ2n) is 3.87. The molecule has 0 saturated heterocycles. The molecule has 0 radical (unpaired) electrons. The molecule has 2 rings (SSSR count). The Bertz CT molecular complexity index is 306. The van der Waals surface area contributed by atoms with Crippen molar-refractivity contribution in [3.63, 3.8) is 0 Å². The van der Waals surface area contributed by atoms with Gasteiger partial charge in [-0.05, 0) is 18.3 Å². The van der Waals surface area contributed by atoms with Crippen molar-refractivity contribution in [3.05, 3.63) is 11.1 Å². The molecule has 1 aromatic heterocycles. The van der Waals surface area contributed by atoms with E-state index in [4.69, 9.17) is 10.5 Å². The second kappa shape index (κ2) is 2.96. The van der Waals surface area contributed by atoms with Gasteiger partial charge >= 0.3 is 0 Å². The minimum Gasteiger partial charge on any atom is -0.473 e. The molecule has 2 N–H and O–H groups in total. The summed E-state index contributed by atoms with van der Waals surface area (Å²) in [5.41, 5.74) is 7.36. The Morgan fingerprint density at radius 2 is 2.38 bits per heavy atom. The van der Waals surface area contributed by atoms with E-state index < -0.39 is 0 Å². The van der Waals surface area contributed by atoms with Crippen molar-refractivity contribution in [3.8, 4) is 5.19 Å². The van der Waals surface area contributed by atoms with E-state index in [-0.39, 0.29) is 6.04 Å². The van der Waals surface area contributed by atoms with Gasteiger partial charge in [0.05, 0.1) is 18.8 Å². The Hall–Kier alpha value is -0.610. The molecular formula is C9H14N2OS. The third-order valence-electron chi connectivity index (χ3n) is 2.78. The number of nitrogens with zero attached hydrogens (tertiary/aromatic N) is 1. The number of aromatic nitrogens is 1. The van der Waals surface area contributed by atoms with E-state index in [9.17, 15) is 0 Å². The summed E-state index contributed by atoms with van der Waals surface area (Å²) in [7, 11) is 1.63. The molecule has 1 unspecified atom stereocenters. The summed E-state index contributed by atoms with van der Waals surface area (Å²) >= 11 is 1.51. The summed E-state index contributed by atoms with van der Waals surface area (Å²) in [6.45, 7) is 2.21. The van der Waals surface area contributed by atoms with Crippen LogP contribution < -0.4 is 10.5 Å². The van der Waals surface area contributed by atoms with Crippen molar-refractivity contribution in [1.82, 2.24) is 4.98 Å². The van der Waals surface area contributed by atoms with Gasteiger partial charge in [0.25, 0.3) is 5.19 Å². The van der Waals surface area contributed by atoms with Crippen LogP contribution in [0.4, 0.5) is 0 Å². The van der Waals surface area contributed by atoms with Gasteiger partial charge in [-0.3, -0.25) is 0 Å². The van der Waals surface area contributed by atoms with Crippen LogP contribution >= 0.6 is 11.3 Å². The van der Waals surface area contributed by atoms with E-state index in [0.29, 0.717) is 10.6 Å². The first-order valence-electron chi connectivity index (χ1n) is 4.41. The molecule has 0 amide bonds. The van der Waals surface area contributed by atoms with Crippen LogP contribution in [0.15, 0.2) is 5.38 Å². The normalized spacial score (nSPS) is 21.2. The maximum Gasteiger partial charge on any atom is 0.273 e. The van der Waals surface area contributed by atoms with E-state index in [0.717, 1.165) is 5.69 Å². The molecule has 1 fully saturated rings. The Kier molecular flexibility index (Phi) is 2.04. The van der Waals surface area contributed by atoms with Crippen LogP contribution in [0.3, 0.4) is 0 Å². The fourth-order valence-electron chi connectivity index (χ4n) is 1.37. The minimum atomic E-state index is 0.0765. The summed E-state index contributed by atoms with van der Waals surface area (Å²) in [6, 6.07) is 0.0765. The van der Waals surface area contributed by atoms with Crippen LogP contribution in [-0.4, -0.2) is 12.1 Å². The second-order valence-corrected chi connectivity index (χ2v) is 4.69. The lowest BCUT2D eigenvalue weighted by atomic mass is 9.98. The maximum atomic E-state index is 6.09. The highest BCUT2D eigenvalue weighted by Crippen LogP contribution is 2.53. The highest BCUT2D eigenvalue weighted by Gasteiger charge is 2.44. The maximum absolute atomic E-state index is 6.09. The van der Waals surface area contributed by atoms with Gasteiger partial charge in [0.1, 0.15) is 0 Å². The summed E-state index contributed by atoms with van der Waals surface area (Å²) in [4.78, 5) is 4.31. The first-order chi connectivity index (χ1) is 6.15. The average Bonchev–Trinajstić information content (AvgIpc) is 2.71. The van der Waals surface area contributed by atoms with Gasteiger partial charge in [0.15, 0.2) is 0 Å². The van der Waals surface area contributed by atoms with E-state index >= 15 is 0 Å². The molecule has 1 aromatic rings. The SMILES string of the molecule is COc1nc(C(N)C2(C)CC2)cs1. The zero-order chi connectivity index (χ0) is 9.47. The van der Waals surface area contributed by atoms with Crippen molar-refractivity contribution in [2.45, 2.75) is 25.8 Å². The monoisotopic (exact) mass is 198 g/mol.